The average Bonchev–Trinajstić information content (AvgIpc) is 2.48. The molecule has 1 aromatic rings. The van der Waals surface area contributed by atoms with Crippen molar-refractivity contribution in [3.8, 4) is 0 Å². The molecular weight excluding hydrogens is 290 g/mol. The Labute approximate surface area is 139 Å². The van der Waals surface area contributed by atoms with Crippen LogP contribution >= 0.6 is 0 Å². The summed E-state index contributed by atoms with van der Waals surface area (Å²) in [5.41, 5.74) is 7.41. The minimum absolute atomic E-state index is 0.195. The second-order valence-corrected chi connectivity index (χ2v) is 7.15. The molecule has 0 spiro atoms. The van der Waals surface area contributed by atoms with Crippen LogP contribution in [-0.2, 0) is 11.2 Å². The van der Waals surface area contributed by atoms with E-state index in [0.29, 0.717) is 0 Å². The molecule has 128 valence electrons. The highest BCUT2D eigenvalue weighted by Crippen LogP contribution is 2.13. The van der Waals surface area contributed by atoms with Gasteiger partial charge in [0.1, 0.15) is 5.60 Å². The van der Waals surface area contributed by atoms with Gasteiger partial charge in [0, 0.05) is 31.9 Å². The second kappa shape index (κ2) is 7.68. The summed E-state index contributed by atoms with van der Waals surface area (Å²) in [5.74, 6) is 0. The Hall–Kier alpha value is -1.75. The van der Waals surface area contributed by atoms with E-state index in [1.54, 1.807) is 0 Å². The molecule has 0 bridgehead atoms. The summed E-state index contributed by atoms with van der Waals surface area (Å²) in [4.78, 5) is 16.2. The Morgan fingerprint density at radius 1 is 1.13 bits per heavy atom. The zero-order valence-electron chi connectivity index (χ0n) is 14.5. The zero-order chi connectivity index (χ0) is 16.9. The molecule has 2 N–H and O–H groups in total. The van der Waals surface area contributed by atoms with E-state index in [-0.39, 0.29) is 6.09 Å². The van der Waals surface area contributed by atoms with Crippen molar-refractivity contribution < 1.29 is 9.53 Å². The number of carbonyl (C=O) groups excluding carboxylic acids is 1. The monoisotopic (exact) mass is 319 g/mol. The number of nitrogens with zero attached hydrogens (tertiary/aromatic N) is 2. The summed E-state index contributed by atoms with van der Waals surface area (Å²) in [6, 6.07) is 8.09. The van der Waals surface area contributed by atoms with Gasteiger partial charge < -0.3 is 15.4 Å². The number of benzene rings is 1. The molecule has 0 radical (unpaired) electrons. The van der Waals surface area contributed by atoms with Crippen LogP contribution in [0, 0.1) is 0 Å². The molecule has 1 aliphatic rings. The number of piperazine rings is 1. The van der Waals surface area contributed by atoms with E-state index >= 15 is 0 Å². The fraction of sp³-hybridized carbons (Fsp3) is 0.611. The number of carbonyl (C=O) groups is 1. The minimum Gasteiger partial charge on any atom is -0.444 e. The Bertz CT molecular complexity index is 500. The Kier molecular flexibility index (Phi) is 5.88. The van der Waals surface area contributed by atoms with Crippen LogP contribution in [0.15, 0.2) is 24.3 Å². The zero-order valence-corrected chi connectivity index (χ0v) is 14.5. The molecule has 1 heterocycles. The first-order valence-corrected chi connectivity index (χ1v) is 8.38. The summed E-state index contributed by atoms with van der Waals surface area (Å²) in [6.45, 7) is 10.1. The largest absolute Gasteiger partial charge is 0.444 e. The van der Waals surface area contributed by atoms with E-state index in [2.05, 4.69) is 17.0 Å². The highest BCUT2D eigenvalue weighted by molar-refractivity contribution is 5.68. The molecule has 0 atom stereocenters. The van der Waals surface area contributed by atoms with Crippen LogP contribution in [0.5, 0.6) is 0 Å². The fourth-order valence-electron chi connectivity index (χ4n) is 2.67. The third kappa shape index (κ3) is 6.10. The molecule has 5 nitrogen and oxygen atoms in total. The molecule has 1 saturated heterocycles. The van der Waals surface area contributed by atoms with Gasteiger partial charge in [-0.25, -0.2) is 4.79 Å². The van der Waals surface area contributed by atoms with Crippen LogP contribution in [0.1, 0.15) is 32.8 Å². The van der Waals surface area contributed by atoms with Gasteiger partial charge >= 0.3 is 6.09 Å². The van der Waals surface area contributed by atoms with Gasteiger partial charge in [-0.3, -0.25) is 4.90 Å². The second-order valence-electron chi connectivity index (χ2n) is 7.15. The van der Waals surface area contributed by atoms with Crippen molar-refractivity contribution in [1.29, 1.82) is 0 Å². The number of hydrogen-bond acceptors (Lipinski definition) is 4. The van der Waals surface area contributed by atoms with Crippen molar-refractivity contribution in [2.75, 3.05) is 38.5 Å². The van der Waals surface area contributed by atoms with Crippen LogP contribution < -0.4 is 5.73 Å². The quantitative estimate of drug-likeness (QED) is 0.867. The van der Waals surface area contributed by atoms with Crippen molar-refractivity contribution in [1.82, 2.24) is 9.80 Å². The lowest BCUT2D eigenvalue weighted by Crippen LogP contribution is -2.50. The number of rotatable bonds is 4. The molecule has 1 amide bonds. The first-order valence-electron chi connectivity index (χ1n) is 8.38. The van der Waals surface area contributed by atoms with Crippen LogP contribution in [0.3, 0.4) is 0 Å². The molecular formula is C18H29N3O2. The molecule has 23 heavy (non-hydrogen) atoms. The Morgan fingerprint density at radius 3 is 2.30 bits per heavy atom. The SMILES string of the molecule is CC(C)(C)OC(=O)N1CCN(CCCc2ccc(N)cc2)CC1. The van der Waals surface area contributed by atoms with Gasteiger partial charge in [-0.1, -0.05) is 12.1 Å². The lowest BCUT2D eigenvalue weighted by molar-refractivity contribution is 0.0145. The predicted molar refractivity (Wildman–Crippen MR) is 93.4 cm³/mol. The highest BCUT2D eigenvalue weighted by Gasteiger charge is 2.25. The Morgan fingerprint density at radius 2 is 1.74 bits per heavy atom. The molecule has 0 unspecified atom stereocenters. The van der Waals surface area contributed by atoms with Crippen molar-refractivity contribution in [3.05, 3.63) is 29.8 Å². The third-order valence-electron chi connectivity index (χ3n) is 3.94. The molecule has 0 saturated carbocycles. The van der Waals surface area contributed by atoms with Gasteiger partial charge in [0.2, 0.25) is 0 Å². The maximum Gasteiger partial charge on any atom is 0.410 e. The van der Waals surface area contributed by atoms with E-state index in [1.165, 1.54) is 5.56 Å². The summed E-state index contributed by atoms with van der Waals surface area (Å²) in [7, 11) is 0. The van der Waals surface area contributed by atoms with E-state index in [9.17, 15) is 4.79 Å². The fourth-order valence-corrected chi connectivity index (χ4v) is 2.67. The molecule has 1 aliphatic heterocycles. The molecule has 0 aliphatic carbocycles. The molecule has 2 rings (SSSR count). The number of amides is 1. The summed E-state index contributed by atoms with van der Waals surface area (Å²) in [6.07, 6.45) is 1.99. The third-order valence-corrected chi connectivity index (χ3v) is 3.94. The van der Waals surface area contributed by atoms with Crippen LogP contribution in [0.25, 0.3) is 0 Å². The van der Waals surface area contributed by atoms with E-state index in [4.69, 9.17) is 10.5 Å². The minimum atomic E-state index is -0.423. The van der Waals surface area contributed by atoms with Gasteiger partial charge in [0.05, 0.1) is 0 Å². The number of anilines is 1. The smallest absolute Gasteiger partial charge is 0.410 e. The van der Waals surface area contributed by atoms with Gasteiger partial charge in [-0.15, -0.1) is 0 Å². The number of ether oxygens (including phenoxy) is 1. The summed E-state index contributed by atoms with van der Waals surface area (Å²) < 4.78 is 5.42. The molecule has 0 aromatic heterocycles. The van der Waals surface area contributed by atoms with Gasteiger partial charge in [-0.2, -0.15) is 0 Å². The summed E-state index contributed by atoms with van der Waals surface area (Å²) in [5, 5.41) is 0. The van der Waals surface area contributed by atoms with Crippen LogP contribution in [-0.4, -0.2) is 54.2 Å². The lowest BCUT2D eigenvalue weighted by Gasteiger charge is -2.35. The topological polar surface area (TPSA) is 58.8 Å². The molecule has 1 aromatic carbocycles. The van der Waals surface area contributed by atoms with E-state index < -0.39 is 5.60 Å². The highest BCUT2D eigenvalue weighted by atomic mass is 16.6. The standard InChI is InChI=1S/C18H29N3O2/c1-18(2,3)23-17(22)21-13-11-20(12-14-21)10-4-5-15-6-8-16(19)9-7-15/h6-9H,4-5,10-14,19H2,1-3H3. The number of nitrogens with two attached hydrogens (primary N) is 1. The van der Waals surface area contributed by atoms with E-state index in [0.717, 1.165) is 51.3 Å². The van der Waals surface area contributed by atoms with Crippen LogP contribution in [0.2, 0.25) is 0 Å². The van der Waals surface area contributed by atoms with Crippen molar-refractivity contribution in [2.45, 2.75) is 39.2 Å². The van der Waals surface area contributed by atoms with Crippen LogP contribution in [0.4, 0.5) is 10.5 Å². The normalized spacial score (nSPS) is 16.4. The predicted octanol–water partition coefficient (Wildman–Crippen LogP) is 2.75. The average molecular weight is 319 g/mol. The number of nitrogen functional groups attached to an aromatic ring is 1. The lowest BCUT2D eigenvalue weighted by atomic mass is 10.1. The maximum atomic E-state index is 12.0. The molecule has 5 heteroatoms. The van der Waals surface area contributed by atoms with Gasteiger partial charge in [0.25, 0.3) is 0 Å². The Balaban J connectivity index is 1.66. The van der Waals surface area contributed by atoms with Gasteiger partial charge in [0.15, 0.2) is 0 Å². The van der Waals surface area contributed by atoms with Crippen molar-refractivity contribution in [2.24, 2.45) is 0 Å². The van der Waals surface area contributed by atoms with Crippen molar-refractivity contribution in [3.63, 3.8) is 0 Å². The maximum absolute atomic E-state index is 12.0. The number of hydrogen-bond donors (Lipinski definition) is 1. The molecule has 1 fully saturated rings. The first-order chi connectivity index (χ1) is 10.8. The van der Waals surface area contributed by atoms with Crippen molar-refractivity contribution >= 4 is 11.8 Å². The van der Waals surface area contributed by atoms with Gasteiger partial charge in [-0.05, 0) is 57.9 Å². The van der Waals surface area contributed by atoms with E-state index in [1.807, 2.05) is 37.8 Å². The first kappa shape index (κ1) is 17.6. The number of aryl methyl sites for hydroxylation is 1. The summed E-state index contributed by atoms with van der Waals surface area (Å²) >= 11 is 0.